The second-order valence-electron chi connectivity index (χ2n) is 5.60. The van der Waals surface area contributed by atoms with Crippen LogP contribution in [0.5, 0.6) is 5.75 Å². The fourth-order valence-electron chi connectivity index (χ4n) is 2.59. The van der Waals surface area contributed by atoms with Crippen LogP contribution in [0, 0.1) is 0 Å². The first-order chi connectivity index (χ1) is 12.3. The molecule has 1 heterocycles. The minimum Gasteiger partial charge on any atom is -0.491 e. The molecule has 3 rings (SSSR count). The molecule has 0 saturated carbocycles. The van der Waals surface area contributed by atoms with Crippen LogP contribution in [0.15, 0.2) is 54.6 Å². The summed E-state index contributed by atoms with van der Waals surface area (Å²) in [6.07, 6.45) is 0. The molecule has 1 aromatic heterocycles. The van der Waals surface area contributed by atoms with Gasteiger partial charge in [0.2, 0.25) is 0 Å². The van der Waals surface area contributed by atoms with Gasteiger partial charge in [0.25, 0.3) is 0 Å². The number of para-hydroxylation sites is 2. The Labute approximate surface area is 145 Å². The van der Waals surface area contributed by atoms with Crippen molar-refractivity contribution >= 4 is 16.9 Å². The van der Waals surface area contributed by atoms with Crippen LogP contribution < -0.4 is 15.4 Å². The Morgan fingerprint density at radius 1 is 1.04 bits per heavy atom. The van der Waals surface area contributed by atoms with Crippen LogP contribution in [-0.4, -0.2) is 29.3 Å². The highest BCUT2D eigenvalue weighted by atomic mass is 16.5. The highest BCUT2D eigenvalue weighted by Crippen LogP contribution is 2.17. The van der Waals surface area contributed by atoms with E-state index in [0.29, 0.717) is 18.8 Å². The number of carbonyl (C=O) groups is 1. The summed E-state index contributed by atoms with van der Waals surface area (Å²) in [6.45, 7) is 0.944. The van der Waals surface area contributed by atoms with E-state index in [9.17, 15) is 4.79 Å². The number of fused-ring (bicyclic) bond motifs is 1. The number of carbonyl (C=O) groups excluding carboxylic acids is 1. The van der Waals surface area contributed by atoms with E-state index in [-0.39, 0.29) is 19.2 Å². The number of benzene rings is 2. The maximum absolute atomic E-state index is 12.0. The van der Waals surface area contributed by atoms with E-state index >= 15 is 0 Å². The molecule has 130 valence electrons. The predicted molar refractivity (Wildman–Crippen MR) is 96.4 cm³/mol. The number of aliphatic hydroxyl groups is 1. The number of hydrogen-bond acceptors (Lipinski definition) is 3. The van der Waals surface area contributed by atoms with Crippen molar-refractivity contribution in [3.8, 4) is 5.75 Å². The van der Waals surface area contributed by atoms with Crippen molar-refractivity contribution < 1.29 is 14.6 Å². The van der Waals surface area contributed by atoms with E-state index in [1.165, 1.54) is 0 Å². The van der Waals surface area contributed by atoms with Gasteiger partial charge < -0.3 is 25.5 Å². The Morgan fingerprint density at radius 3 is 2.64 bits per heavy atom. The number of aliphatic hydroxyl groups excluding tert-OH is 1. The Bertz CT molecular complexity index is 812. The Balaban J connectivity index is 1.51. The van der Waals surface area contributed by atoms with Crippen LogP contribution in [0.1, 0.15) is 11.3 Å². The molecule has 0 unspecified atom stereocenters. The highest BCUT2D eigenvalue weighted by molar-refractivity contribution is 5.80. The smallest absolute Gasteiger partial charge is 0.315 e. The topological polar surface area (TPSA) is 86.4 Å². The van der Waals surface area contributed by atoms with Crippen LogP contribution >= 0.6 is 0 Å². The maximum Gasteiger partial charge on any atom is 0.315 e. The van der Waals surface area contributed by atoms with Crippen molar-refractivity contribution in [2.24, 2.45) is 0 Å². The number of ether oxygens (including phenoxy) is 1. The standard InChI is InChI=1S/C19H21N3O3/c23-9-10-25-18-8-4-2-6-15(18)12-20-19(24)21-13-16-11-14-5-1-3-7-17(14)22-16/h1-8,11,22-23H,9-10,12-13H2,(H2,20,21,24). The minimum atomic E-state index is -0.254. The molecule has 25 heavy (non-hydrogen) atoms. The van der Waals surface area contributed by atoms with E-state index in [0.717, 1.165) is 22.2 Å². The SMILES string of the molecule is O=C(NCc1cc2ccccc2[nH]1)NCc1ccccc1OCCO. The maximum atomic E-state index is 12.0. The van der Waals surface area contributed by atoms with Crippen molar-refractivity contribution in [1.29, 1.82) is 0 Å². The van der Waals surface area contributed by atoms with Crippen LogP contribution in [-0.2, 0) is 13.1 Å². The molecule has 0 saturated heterocycles. The normalized spacial score (nSPS) is 10.6. The molecule has 0 atom stereocenters. The fourth-order valence-corrected chi connectivity index (χ4v) is 2.59. The summed E-state index contributed by atoms with van der Waals surface area (Å²) in [6, 6.07) is 17.2. The van der Waals surface area contributed by atoms with Crippen molar-refractivity contribution in [3.63, 3.8) is 0 Å². The number of aromatic nitrogens is 1. The van der Waals surface area contributed by atoms with E-state index in [1.54, 1.807) is 0 Å². The summed E-state index contributed by atoms with van der Waals surface area (Å²) in [5.74, 6) is 0.660. The first-order valence-electron chi connectivity index (χ1n) is 8.16. The lowest BCUT2D eigenvalue weighted by Crippen LogP contribution is -2.34. The predicted octanol–water partition coefficient (Wildman–Crippen LogP) is 2.54. The van der Waals surface area contributed by atoms with Crippen LogP contribution in [0.2, 0.25) is 0 Å². The molecule has 0 radical (unpaired) electrons. The van der Waals surface area contributed by atoms with Crippen molar-refractivity contribution in [2.75, 3.05) is 13.2 Å². The average Bonchev–Trinajstić information content (AvgIpc) is 3.06. The molecule has 0 fully saturated rings. The van der Waals surface area contributed by atoms with Gasteiger partial charge in [-0.3, -0.25) is 0 Å². The molecule has 0 aliphatic heterocycles. The van der Waals surface area contributed by atoms with E-state index in [1.807, 2.05) is 54.6 Å². The van der Waals surface area contributed by atoms with Gasteiger partial charge in [0.15, 0.2) is 0 Å². The molecule has 6 nitrogen and oxygen atoms in total. The van der Waals surface area contributed by atoms with Gasteiger partial charge >= 0.3 is 6.03 Å². The van der Waals surface area contributed by atoms with Gasteiger partial charge in [0, 0.05) is 23.3 Å². The fraction of sp³-hybridized carbons (Fsp3) is 0.211. The third-order valence-electron chi connectivity index (χ3n) is 3.79. The largest absolute Gasteiger partial charge is 0.491 e. The molecule has 0 spiro atoms. The Hall–Kier alpha value is -2.99. The quantitative estimate of drug-likeness (QED) is 0.533. The molecule has 0 aliphatic carbocycles. The van der Waals surface area contributed by atoms with Gasteiger partial charge in [0.05, 0.1) is 13.2 Å². The van der Waals surface area contributed by atoms with Gasteiger partial charge in [-0.2, -0.15) is 0 Å². The van der Waals surface area contributed by atoms with E-state index in [4.69, 9.17) is 9.84 Å². The molecule has 6 heteroatoms. The lowest BCUT2D eigenvalue weighted by Gasteiger charge is -2.12. The minimum absolute atomic E-state index is 0.0489. The summed E-state index contributed by atoms with van der Waals surface area (Å²) in [4.78, 5) is 15.3. The lowest BCUT2D eigenvalue weighted by atomic mass is 10.2. The second-order valence-corrected chi connectivity index (χ2v) is 5.60. The van der Waals surface area contributed by atoms with Gasteiger partial charge in [-0.15, -0.1) is 0 Å². The first-order valence-corrected chi connectivity index (χ1v) is 8.16. The number of nitrogens with one attached hydrogen (secondary N) is 3. The Morgan fingerprint density at radius 2 is 1.80 bits per heavy atom. The average molecular weight is 339 g/mol. The van der Waals surface area contributed by atoms with E-state index < -0.39 is 0 Å². The second kappa shape index (κ2) is 8.21. The van der Waals surface area contributed by atoms with Gasteiger partial charge in [-0.25, -0.2) is 4.79 Å². The molecule has 0 bridgehead atoms. The summed E-state index contributed by atoms with van der Waals surface area (Å²) < 4.78 is 5.45. The number of rotatable bonds is 7. The molecular formula is C19H21N3O3. The molecule has 0 aliphatic rings. The number of hydrogen-bond donors (Lipinski definition) is 4. The third-order valence-corrected chi connectivity index (χ3v) is 3.79. The summed E-state index contributed by atoms with van der Waals surface area (Å²) >= 11 is 0. The molecule has 2 amide bonds. The molecule has 3 aromatic rings. The molecule has 4 N–H and O–H groups in total. The summed E-state index contributed by atoms with van der Waals surface area (Å²) in [5, 5.41) is 15.6. The summed E-state index contributed by atoms with van der Waals surface area (Å²) in [7, 11) is 0. The molecule has 2 aromatic carbocycles. The van der Waals surface area contributed by atoms with Crippen molar-refractivity contribution in [1.82, 2.24) is 15.6 Å². The zero-order valence-corrected chi connectivity index (χ0v) is 13.8. The molecular weight excluding hydrogens is 318 g/mol. The monoisotopic (exact) mass is 339 g/mol. The number of amides is 2. The van der Waals surface area contributed by atoms with Gasteiger partial charge in [-0.1, -0.05) is 36.4 Å². The van der Waals surface area contributed by atoms with Crippen molar-refractivity contribution in [3.05, 3.63) is 65.9 Å². The van der Waals surface area contributed by atoms with Crippen LogP contribution in [0.4, 0.5) is 4.79 Å². The van der Waals surface area contributed by atoms with Gasteiger partial charge in [0.1, 0.15) is 12.4 Å². The number of urea groups is 1. The Kier molecular flexibility index (Phi) is 5.53. The number of H-pyrrole nitrogens is 1. The zero-order chi connectivity index (χ0) is 17.5. The zero-order valence-electron chi connectivity index (χ0n) is 13.8. The van der Waals surface area contributed by atoms with Gasteiger partial charge in [-0.05, 0) is 23.6 Å². The number of aromatic amines is 1. The van der Waals surface area contributed by atoms with Crippen molar-refractivity contribution in [2.45, 2.75) is 13.1 Å². The summed E-state index contributed by atoms with van der Waals surface area (Å²) in [5.41, 5.74) is 2.86. The van der Waals surface area contributed by atoms with Crippen LogP contribution in [0.3, 0.4) is 0 Å². The first kappa shape index (κ1) is 16.9. The van der Waals surface area contributed by atoms with Crippen LogP contribution in [0.25, 0.3) is 10.9 Å². The van der Waals surface area contributed by atoms with E-state index in [2.05, 4.69) is 15.6 Å². The third kappa shape index (κ3) is 4.51. The highest BCUT2D eigenvalue weighted by Gasteiger charge is 2.06. The lowest BCUT2D eigenvalue weighted by molar-refractivity contribution is 0.200.